The van der Waals surface area contributed by atoms with Gasteiger partial charge in [0.25, 0.3) is 0 Å². The minimum Gasteiger partial charge on any atom is -0.465 e. The largest absolute Gasteiger partial charge is 0.465 e. The van der Waals surface area contributed by atoms with Crippen molar-refractivity contribution in [1.29, 1.82) is 0 Å². The average Bonchev–Trinajstić information content (AvgIpc) is 2.91. The Hall–Kier alpha value is -2.26. The number of esters is 1. The number of nitrogens with one attached hydrogen (secondary N) is 1. The summed E-state index contributed by atoms with van der Waals surface area (Å²) in [5.74, 6) is -1.78. The Balaban J connectivity index is 1.95. The topological polar surface area (TPSA) is 92.8 Å². The number of hydrogen-bond acceptors (Lipinski definition) is 7. The van der Waals surface area contributed by atoms with Crippen LogP contribution in [0.3, 0.4) is 0 Å². The van der Waals surface area contributed by atoms with Gasteiger partial charge in [0.2, 0.25) is 17.7 Å². The number of carbonyl (C=O) groups is 4. The zero-order valence-corrected chi connectivity index (χ0v) is 14.4. The number of carbonyl (C=O) groups excluding carboxylic acids is 4. The molecule has 1 saturated heterocycles. The molecule has 3 amide bonds. The smallest absolute Gasteiger partial charge is 0.339 e. The molecule has 1 aliphatic heterocycles. The molecule has 1 heterocycles. The number of nitrogens with zero attached hydrogens (tertiary/aromatic N) is 1. The molecule has 24 heavy (non-hydrogen) atoms. The zero-order chi connectivity index (χ0) is 17.7. The van der Waals surface area contributed by atoms with Crippen molar-refractivity contribution < 1.29 is 23.9 Å². The van der Waals surface area contributed by atoms with Gasteiger partial charge in [-0.25, -0.2) is 9.69 Å². The minimum atomic E-state index is -0.567. The molecule has 1 fully saturated rings. The van der Waals surface area contributed by atoms with Crippen molar-refractivity contribution in [1.82, 2.24) is 4.90 Å². The van der Waals surface area contributed by atoms with Gasteiger partial charge in [-0.1, -0.05) is 36.1 Å². The van der Waals surface area contributed by atoms with Gasteiger partial charge in [0, 0.05) is 12.8 Å². The first kappa shape index (κ1) is 18.1. The molecule has 9 heteroatoms. The van der Waals surface area contributed by atoms with Gasteiger partial charge in [0.05, 0.1) is 24.1 Å². The molecule has 0 spiro atoms. The lowest BCUT2D eigenvalue weighted by atomic mass is 10.2. The van der Waals surface area contributed by atoms with Crippen LogP contribution in [0.1, 0.15) is 23.2 Å². The van der Waals surface area contributed by atoms with E-state index in [1.165, 1.54) is 13.2 Å². The van der Waals surface area contributed by atoms with Gasteiger partial charge in [-0.3, -0.25) is 14.4 Å². The van der Waals surface area contributed by atoms with Crippen LogP contribution in [-0.2, 0) is 19.1 Å². The molecule has 2 rings (SSSR count). The van der Waals surface area contributed by atoms with Gasteiger partial charge < -0.3 is 10.1 Å². The van der Waals surface area contributed by atoms with Crippen LogP contribution in [-0.4, -0.2) is 45.8 Å². The Morgan fingerprint density at radius 2 is 1.88 bits per heavy atom. The normalized spacial score (nSPS) is 13.8. The van der Waals surface area contributed by atoms with Gasteiger partial charge in [0.1, 0.15) is 4.32 Å². The van der Waals surface area contributed by atoms with E-state index in [0.29, 0.717) is 5.69 Å². The number of hydrogen-bond donors (Lipinski definition) is 1. The number of amides is 3. The number of rotatable bonds is 4. The Kier molecular flexibility index (Phi) is 6.04. The zero-order valence-electron chi connectivity index (χ0n) is 12.7. The summed E-state index contributed by atoms with van der Waals surface area (Å²) in [6.45, 7) is 0. The van der Waals surface area contributed by atoms with Crippen LogP contribution in [0, 0.1) is 0 Å². The maximum Gasteiger partial charge on any atom is 0.339 e. The van der Waals surface area contributed by atoms with Crippen molar-refractivity contribution in [2.75, 3.05) is 18.2 Å². The lowest BCUT2D eigenvalue weighted by Crippen LogP contribution is -2.33. The number of methoxy groups -OCH3 is 1. The van der Waals surface area contributed by atoms with Crippen molar-refractivity contribution in [3.05, 3.63) is 29.8 Å². The van der Waals surface area contributed by atoms with Gasteiger partial charge in [0.15, 0.2) is 0 Å². The standard InChI is InChI=1S/C15H14N2O5S2/c1-22-14(21)9-4-2-3-5-10(9)16-11(18)8-24-15(23)17-12(19)6-7-13(17)20/h2-5H,6-8H2,1H3,(H,16,18). The van der Waals surface area contributed by atoms with E-state index in [4.69, 9.17) is 12.2 Å². The van der Waals surface area contributed by atoms with E-state index < -0.39 is 11.9 Å². The first-order valence-electron chi connectivity index (χ1n) is 6.93. The van der Waals surface area contributed by atoms with Gasteiger partial charge in [-0.05, 0) is 12.1 Å². The predicted octanol–water partition coefficient (Wildman–Crippen LogP) is 1.58. The number of para-hydroxylation sites is 1. The highest BCUT2D eigenvalue weighted by Gasteiger charge is 2.32. The lowest BCUT2D eigenvalue weighted by molar-refractivity contribution is -0.133. The summed E-state index contributed by atoms with van der Waals surface area (Å²) >= 11 is 5.95. The van der Waals surface area contributed by atoms with E-state index in [0.717, 1.165) is 16.7 Å². The SMILES string of the molecule is COC(=O)c1ccccc1NC(=O)CSC(=S)N1C(=O)CCC1=O. The third kappa shape index (κ3) is 4.18. The van der Waals surface area contributed by atoms with E-state index in [9.17, 15) is 19.2 Å². The van der Waals surface area contributed by atoms with E-state index in [-0.39, 0.29) is 40.3 Å². The third-order valence-corrected chi connectivity index (χ3v) is 4.54. The van der Waals surface area contributed by atoms with Crippen LogP contribution in [0.25, 0.3) is 0 Å². The first-order valence-corrected chi connectivity index (χ1v) is 8.33. The van der Waals surface area contributed by atoms with Crippen LogP contribution in [0.5, 0.6) is 0 Å². The fraction of sp³-hybridized carbons (Fsp3) is 0.267. The molecule has 126 valence electrons. The van der Waals surface area contributed by atoms with Crippen molar-refractivity contribution >= 4 is 57.7 Å². The Morgan fingerprint density at radius 1 is 1.25 bits per heavy atom. The number of thioether (sulfide) groups is 1. The Labute approximate surface area is 147 Å². The monoisotopic (exact) mass is 366 g/mol. The number of anilines is 1. The molecule has 0 aromatic heterocycles. The van der Waals surface area contributed by atoms with E-state index in [2.05, 4.69) is 10.1 Å². The minimum absolute atomic E-state index is 0.0545. The number of likely N-dealkylation sites (tertiary alicyclic amines) is 1. The van der Waals surface area contributed by atoms with Gasteiger partial charge >= 0.3 is 5.97 Å². The van der Waals surface area contributed by atoms with E-state index in [1.807, 2.05) is 0 Å². The fourth-order valence-corrected chi connectivity index (χ4v) is 3.08. The van der Waals surface area contributed by atoms with E-state index >= 15 is 0 Å². The molecule has 0 radical (unpaired) electrons. The number of imide groups is 1. The van der Waals surface area contributed by atoms with Crippen molar-refractivity contribution in [3.8, 4) is 0 Å². The molecule has 1 aromatic rings. The van der Waals surface area contributed by atoms with Crippen LogP contribution < -0.4 is 5.32 Å². The molecule has 0 atom stereocenters. The van der Waals surface area contributed by atoms with Crippen molar-refractivity contribution in [2.24, 2.45) is 0 Å². The lowest BCUT2D eigenvalue weighted by Gasteiger charge is -2.14. The Morgan fingerprint density at radius 3 is 2.50 bits per heavy atom. The van der Waals surface area contributed by atoms with Gasteiger partial charge in [-0.2, -0.15) is 0 Å². The summed E-state index contributed by atoms with van der Waals surface area (Å²) in [5, 5.41) is 2.59. The molecular weight excluding hydrogens is 352 g/mol. The molecule has 0 saturated carbocycles. The molecule has 0 unspecified atom stereocenters. The van der Waals surface area contributed by atoms with Crippen LogP contribution in [0.15, 0.2) is 24.3 Å². The number of ether oxygens (including phenoxy) is 1. The summed E-state index contributed by atoms with van der Waals surface area (Å²) in [5.41, 5.74) is 0.542. The first-order chi connectivity index (χ1) is 11.4. The highest BCUT2D eigenvalue weighted by Crippen LogP contribution is 2.20. The molecule has 1 aromatic carbocycles. The maximum absolute atomic E-state index is 12.0. The number of thiocarbonyl (C=S) groups is 1. The summed E-state index contributed by atoms with van der Waals surface area (Å²) in [6, 6.07) is 6.42. The van der Waals surface area contributed by atoms with Crippen LogP contribution in [0.4, 0.5) is 5.69 Å². The van der Waals surface area contributed by atoms with Crippen molar-refractivity contribution in [3.63, 3.8) is 0 Å². The van der Waals surface area contributed by atoms with Gasteiger partial charge in [-0.15, -0.1) is 0 Å². The molecule has 7 nitrogen and oxygen atoms in total. The fourth-order valence-electron chi connectivity index (χ4n) is 2.04. The van der Waals surface area contributed by atoms with E-state index in [1.54, 1.807) is 18.2 Å². The second-order valence-corrected chi connectivity index (χ2v) is 6.37. The average molecular weight is 366 g/mol. The molecule has 1 aliphatic rings. The highest BCUT2D eigenvalue weighted by atomic mass is 32.2. The molecule has 0 bridgehead atoms. The van der Waals surface area contributed by atoms with Crippen LogP contribution in [0.2, 0.25) is 0 Å². The molecule has 0 aliphatic carbocycles. The third-order valence-electron chi connectivity index (χ3n) is 3.17. The highest BCUT2D eigenvalue weighted by molar-refractivity contribution is 8.23. The number of benzene rings is 1. The Bertz CT molecular complexity index is 704. The summed E-state index contributed by atoms with van der Waals surface area (Å²) in [7, 11) is 1.25. The second-order valence-electron chi connectivity index (χ2n) is 4.76. The summed E-state index contributed by atoms with van der Waals surface area (Å²) < 4.78 is 4.70. The van der Waals surface area contributed by atoms with Crippen molar-refractivity contribution in [2.45, 2.75) is 12.8 Å². The molecular formula is C15H14N2O5S2. The maximum atomic E-state index is 12.0. The quantitative estimate of drug-likeness (QED) is 0.491. The molecule has 1 N–H and O–H groups in total. The van der Waals surface area contributed by atoms with Crippen LogP contribution >= 0.6 is 24.0 Å². The second kappa shape index (κ2) is 8.02. The summed E-state index contributed by atoms with van der Waals surface area (Å²) in [4.78, 5) is 47.7. The predicted molar refractivity (Wildman–Crippen MR) is 92.6 cm³/mol. The summed E-state index contributed by atoms with van der Waals surface area (Å²) in [6.07, 6.45) is 0.274.